The summed E-state index contributed by atoms with van der Waals surface area (Å²) in [6.45, 7) is 5.44. The van der Waals surface area contributed by atoms with E-state index in [9.17, 15) is 0 Å². The number of nitrogens with zero attached hydrogens (tertiary/aromatic N) is 1. The molecule has 0 spiro atoms. The van der Waals surface area contributed by atoms with Gasteiger partial charge in [-0.3, -0.25) is 0 Å². The summed E-state index contributed by atoms with van der Waals surface area (Å²) in [5.74, 6) is 0.969. The summed E-state index contributed by atoms with van der Waals surface area (Å²) in [4.78, 5) is 2.53. The lowest BCUT2D eigenvalue weighted by Gasteiger charge is -2.32. The van der Waals surface area contributed by atoms with Crippen LogP contribution in [0.2, 0.25) is 0 Å². The van der Waals surface area contributed by atoms with Gasteiger partial charge in [-0.15, -0.1) is 0 Å². The molecular formula is C11H24N2. The quantitative estimate of drug-likeness (QED) is 0.682. The van der Waals surface area contributed by atoms with E-state index in [2.05, 4.69) is 25.8 Å². The Morgan fingerprint density at radius 2 is 2.08 bits per heavy atom. The van der Waals surface area contributed by atoms with Crippen molar-refractivity contribution in [3.8, 4) is 0 Å². The largest absolute Gasteiger partial charge is 0.330 e. The first-order valence-corrected chi connectivity index (χ1v) is 5.62. The summed E-state index contributed by atoms with van der Waals surface area (Å²) < 4.78 is 0. The van der Waals surface area contributed by atoms with Gasteiger partial charge >= 0.3 is 0 Å². The molecule has 2 atom stereocenters. The number of rotatable bonds is 6. The number of nitrogens with two attached hydrogens (primary N) is 1. The zero-order valence-electron chi connectivity index (χ0n) is 9.29. The van der Waals surface area contributed by atoms with Crippen LogP contribution in [0.15, 0.2) is 0 Å². The van der Waals surface area contributed by atoms with Gasteiger partial charge < -0.3 is 10.6 Å². The van der Waals surface area contributed by atoms with E-state index < -0.39 is 0 Å². The molecule has 1 fully saturated rings. The van der Waals surface area contributed by atoms with Gasteiger partial charge in [0.2, 0.25) is 0 Å². The van der Waals surface area contributed by atoms with Gasteiger partial charge in [0, 0.05) is 12.1 Å². The second-order valence-corrected chi connectivity index (χ2v) is 4.38. The van der Waals surface area contributed by atoms with Crippen molar-refractivity contribution in [2.75, 3.05) is 13.6 Å². The van der Waals surface area contributed by atoms with Crippen LogP contribution in [0.5, 0.6) is 0 Å². The molecule has 0 aromatic rings. The predicted octanol–water partition coefficient (Wildman–Crippen LogP) is 1.84. The van der Waals surface area contributed by atoms with Gasteiger partial charge in [0.25, 0.3) is 0 Å². The summed E-state index contributed by atoms with van der Waals surface area (Å²) in [6.07, 6.45) is 5.24. The van der Waals surface area contributed by atoms with Crippen molar-refractivity contribution in [2.45, 2.75) is 51.6 Å². The first-order valence-electron chi connectivity index (χ1n) is 5.62. The molecule has 2 unspecified atom stereocenters. The minimum absolute atomic E-state index is 0.695. The van der Waals surface area contributed by atoms with E-state index in [1.807, 2.05) is 0 Å². The van der Waals surface area contributed by atoms with Crippen LogP contribution in [0.25, 0.3) is 0 Å². The average molecular weight is 184 g/mol. The number of hydrogen-bond donors (Lipinski definition) is 1. The van der Waals surface area contributed by atoms with Crippen LogP contribution in [0.1, 0.15) is 39.5 Å². The van der Waals surface area contributed by atoms with Crippen molar-refractivity contribution in [1.82, 2.24) is 4.90 Å². The van der Waals surface area contributed by atoms with Crippen molar-refractivity contribution in [3.63, 3.8) is 0 Å². The molecule has 1 aliphatic carbocycles. The third-order valence-corrected chi connectivity index (χ3v) is 3.49. The van der Waals surface area contributed by atoms with E-state index in [1.54, 1.807) is 0 Å². The third-order valence-electron chi connectivity index (χ3n) is 3.49. The monoisotopic (exact) mass is 184 g/mol. The Kier molecular flexibility index (Phi) is 4.20. The Morgan fingerprint density at radius 3 is 2.46 bits per heavy atom. The van der Waals surface area contributed by atoms with Crippen molar-refractivity contribution in [1.29, 1.82) is 0 Å². The second-order valence-electron chi connectivity index (χ2n) is 4.38. The highest BCUT2D eigenvalue weighted by molar-refractivity contribution is 4.86. The molecule has 0 aliphatic heterocycles. The molecule has 0 saturated heterocycles. The second kappa shape index (κ2) is 4.97. The normalized spacial score (nSPS) is 21.9. The van der Waals surface area contributed by atoms with Gasteiger partial charge in [0.1, 0.15) is 0 Å². The van der Waals surface area contributed by atoms with Crippen LogP contribution < -0.4 is 5.73 Å². The highest BCUT2D eigenvalue weighted by Gasteiger charge is 2.32. The zero-order chi connectivity index (χ0) is 9.84. The first kappa shape index (κ1) is 11.0. The van der Waals surface area contributed by atoms with Crippen LogP contribution in [0, 0.1) is 5.92 Å². The Bertz CT molecular complexity index is 143. The minimum atomic E-state index is 0.695. The van der Waals surface area contributed by atoms with Crippen LogP contribution in [0.3, 0.4) is 0 Å². The number of hydrogen-bond acceptors (Lipinski definition) is 2. The van der Waals surface area contributed by atoms with E-state index in [-0.39, 0.29) is 0 Å². The van der Waals surface area contributed by atoms with Gasteiger partial charge in [-0.05, 0) is 52.1 Å². The fourth-order valence-corrected chi connectivity index (χ4v) is 2.13. The molecule has 2 heteroatoms. The van der Waals surface area contributed by atoms with Crippen molar-refractivity contribution >= 4 is 0 Å². The standard InChI is InChI=1S/C11H24N2/c1-4-11(7-8-12)13(3)9(2)10-5-6-10/h9-11H,4-8,12H2,1-3H3. The summed E-state index contributed by atoms with van der Waals surface area (Å²) in [7, 11) is 2.26. The Morgan fingerprint density at radius 1 is 1.46 bits per heavy atom. The third kappa shape index (κ3) is 2.96. The summed E-state index contributed by atoms with van der Waals surface area (Å²) in [5.41, 5.74) is 5.61. The molecule has 0 aromatic carbocycles. The van der Waals surface area contributed by atoms with Crippen LogP contribution in [-0.2, 0) is 0 Å². The van der Waals surface area contributed by atoms with E-state index in [4.69, 9.17) is 5.73 Å². The summed E-state index contributed by atoms with van der Waals surface area (Å²) >= 11 is 0. The molecule has 0 radical (unpaired) electrons. The molecule has 1 aliphatic rings. The zero-order valence-corrected chi connectivity index (χ0v) is 9.29. The van der Waals surface area contributed by atoms with E-state index in [0.717, 1.165) is 24.9 Å². The fraction of sp³-hybridized carbons (Fsp3) is 1.00. The Balaban J connectivity index is 2.36. The van der Waals surface area contributed by atoms with Crippen molar-refractivity contribution < 1.29 is 0 Å². The molecule has 78 valence electrons. The summed E-state index contributed by atoms with van der Waals surface area (Å²) in [6, 6.07) is 1.46. The Hall–Kier alpha value is -0.0800. The molecule has 0 heterocycles. The van der Waals surface area contributed by atoms with Gasteiger partial charge in [-0.25, -0.2) is 0 Å². The average Bonchev–Trinajstić information content (AvgIpc) is 2.95. The van der Waals surface area contributed by atoms with E-state index in [1.165, 1.54) is 19.3 Å². The van der Waals surface area contributed by atoms with E-state index in [0.29, 0.717) is 6.04 Å². The molecule has 1 saturated carbocycles. The molecule has 2 N–H and O–H groups in total. The lowest BCUT2D eigenvalue weighted by molar-refractivity contribution is 0.156. The Labute approximate surface area is 82.5 Å². The predicted molar refractivity (Wildman–Crippen MR) is 57.7 cm³/mol. The van der Waals surface area contributed by atoms with Crippen molar-refractivity contribution in [3.05, 3.63) is 0 Å². The highest BCUT2D eigenvalue weighted by atomic mass is 15.2. The molecule has 2 nitrogen and oxygen atoms in total. The molecule has 13 heavy (non-hydrogen) atoms. The SMILES string of the molecule is CCC(CCN)N(C)C(C)C1CC1. The summed E-state index contributed by atoms with van der Waals surface area (Å²) in [5, 5.41) is 0. The topological polar surface area (TPSA) is 29.3 Å². The fourth-order valence-electron chi connectivity index (χ4n) is 2.13. The molecule has 0 amide bonds. The van der Waals surface area contributed by atoms with Gasteiger partial charge in [-0.2, -0.15) is 0 Å². The van der Waals surface area contributed by atoms with Gasteiger partial charge in [0.05, 0.1) is 0 Å². The molecular weight excluding hydrogens is 160 g/mol. The molecule has 0 bridgehead atoms. The highest BCUT2D eigenvalue weighted by Crippen LogP contribution is 2.35. The maximum absolute atomic E-state index is 5.61. The van der Waals surface area contributed by atoms with Crippen LogP contribution in [-0.4, -0.2) is 30.6 Å². The smallest absolute Gasteiger partial charge is 0.0104 e. The molecule has 1 rings (SSSR count). The maximum atomic E-state index is 5.61. The maximum Gasteiger partial charge on any atom is 0.0104 e. The van der Waals surface area contributed by atoms with Crippen LogP contribution in [0.4, 0.5) is 0 Å². The van der Waals surface area contributed by atoms with Gasteiger partial charge in [0.15, 0.2) is 0 Å². The lowest BCUT2D eigenvalue weighted by Crippen LogP contribution is -2.40. The first-order chi connectivity index (χ1) is 6.20. The van der Waals surface area contributed by atoms with E-state index >= 15 is 0 Å². The molecule has 0 aromatic heterocycles. The minimum Gasteiger partial charge on any atom is -0.330 e. The lowest BCUT2D eigenvalue weighted by atomic mass is 10.1. The van der Waals surface area contributed by atoms with Gasteiger partial charge in [-0.1, -0.05) is 6.92 Å². The van der Waals surface area contributed by atoms with Crippen molar-refractivity contribution in [2.24, 2.45) is 11.7 Å². The van der Waals surface area contributed by atoms with Crippen LogP contribution >= 0.6 is 0 Å².